The molecule has 340 valence electrons. The predicted octanol–water partition coefficient (Wildman–Crippen LogP) is 14.3. The molecule has 0 aliphatic rings. The Morgan fingerprint density at radius 3 is 1.30 bits per heavy atom. The summed E-state index contributed by atoms with van der Waals surface area (Å²) < 4.78 is 22.3. The van der Waals surface area contributed by atoms with Crippen molar-refractivity contribution < 1.29 is 28.4 Å². The van der Waals surface area contributed by atoms with Crippen molar-refractivity contribution in [2.45, 2.75) is 270 Å². The maximum absolute atomic E-state index is 12.8. The average Bonchev–Trinajstić information content (AvgIpc) is 3.20. The van der Waals surface area contributed by atoms with Crippen molar-refractivity contribution in [1.82, 2.24) is 5.32 Å². The molecule has 0 heterocycles. The average molecular weight is 829 g/mol. The fourth-order valence-corrected chi connectivity index (χ4v) is 8.36. The Morgan fingerprint density at radius 2 is 0.912 bits per heavy atom. The smallest absolute Gasteiger partial charge is 0.391 e. The van der Waals surface area contributed by atoms with Crippen LogP contribution < -0.4 is 11.1 Å². The van der Waals surface area contributed by atoms with Crippen molar-refractivity contribution >= 4 is 13.7 Å². The topological polar surface area (TPSA) is 131 Å². The summed E-state index contributed by atoms with van der Waals surface area (Å²) in [7, 11) is -4.32. The lowest BCUT2D eigenvalue weighted by molar-refractivity contribution is -0.123. The quantitative estimate of drug-likeness (QED) is 0.0273. The van der Waals surface area contributed by atoms with Gasteiger partial charge in [-0.25, -0.2) is 4.57 Å². The maximum Gasteiger partial charge on any atom is 0.472 e. The summed E-state index contributed by atoms with van der Waals surface area (Å²) in [4.78, 5) is 22.8. The lowest BCUT2D eigenvalue weighted by Gasteiger charge is -2.25. The Kier molecular flexibility index (Phi) is 44.2. The number of rotatable bonds is 47. The van der Waals surface area contributed by atoms with Crippen LogP contribution in [0.1, 0.15) is 258 Å². The number of hydrogen-bond donors (Lipinski definition) is 4. The third-order valence-electron chi connectivity index (χ3n) is 11.4. The normalized spacial score (nSPS) is 14.0. The number of allylic oxidation sites excluding steroid dienone is 2. The van der Waals surface area contributed by atoms with Gasteiger partial charge in [0.25, 0.3) is 0 Å². The number of aliphatic hydroxyl groups is 1. The molecular weight excluding hydrogens is 732 g/mol. The minimum absolute atomic E-state index is 0.0902. The van der Waals surface area contributed by atoms with E-state index in [-0.39, 0.29) is 25.7 Å². The largest absolute Gasteiger partial charge is 0.472 e. The summed E-state index contributed by atoms with van der Waals surface area (Å²) in [5.74, 6) is -0.162. The van der Waals surface area contributed by atoms with E-state index < -0.39 is 20.0 Å². The molecular formula is C48H97N2O6P. The van der Waals surface area contributed by atoms with Crippen molar-refractivity contribution in [2.75, 3.05) is 19.8 Å². The molecule has 1 amide bonds. The summed E-state index contributed by atoms with van der Waals surface area (Å²) in [6.45, 7) is 4.24. The van der Waals surface area contributed by atoms with E-state index in [0.29, 0.717) is 12.8 Å². The number of phosphoric ester groups is 1. The molecule has 0 aliphatic heterocycles. The van der Waals surface area contributed by atoms with Crippen LogP contribution in [0.2, 0.25) is 0 Å². The van der Waals surface area contributed by atoms with Gasteiger partial charge in [0.05, 0.1) is 25.4 Å². The number of carbonyl (C=O) groups is 1. The van der Waals surface area contributed by atoms with Crippen molar-refractivity contribution in [3.63, 3.8) is 0 Å². The van der Waals surface area contributed by atoms with Gasteiger partial charge >= 0.3 is 7.82 Å². The molecule has 0 rings (SSSR count). The van der Waals surface area contributed by atoms with Crippen molar-refractivity contribution in [3.8, 4) is 0 Å². The lowest BCUT2D eigenvalue weighted by atomic mass is 10.0. The summed E-state index contributed by atoms with van der Waals surface area (Å²) in [5.41, 5.74) is 5.40. The van der Waals surface area contributed by atoms with E-state index in [1.165, 1.54) is 193 Å². The number of aliphatic hydroxyl groups excluding tert-OH is 1. The number of nitrogens with one attached hydrogen (secondary N) is 1. The van der Waals surface area contributed by atoms with Gasteiger partial charge in [0.2, 0.25) is 5.91 Å². The van der Waals surface area contributed by atoms with Gasteiger partial charge in [0, 0.05) is 13.0 Å². The number of amides is 1. The Balaban J connectivity index is 4.05. The first-order valence-corrected chi connectivity index (χ1v) is 26.3. The van der Waals surface area contributed by atoms with Gasteiger partial charge in [-0.05, 0) is 38.5 Å². The highest BCUT2D eigenvalue weighted by Crippen LogP contribution is 2.43. The van der Waals surface area contributed by atoms with E-state index in [1.807, 2.05) is 0 Å². The van der Waals surface area contributed by atoms with E-state index in [4.69, 9.17) is 14.8 Å². The first-order valence-electron chi connectivity index (χ1n) is 24.8. The first kappa shape index (κ1) is 56.2. The van der Waals surface area contributed by atoms with E-state index in [2.05, 4.69) is 31.3 Å². The van der Waals surface area contributed by atoms with E-state index in [0.717, 1.165) is 38.5 Å². The molecule has 3 atom stereocenters. The molecule has 3 unspecified atom stereocenters. The van der Waals surface area contributed by atoms with Gasteiger partial charge in [-0.3, -0.25) is 13.8 Å². The molecule has 0 saturated heterocycles. The van der Waals surface area contributed by atoms with Crippen LogP contribution in [-0.4, -0.2) is 47.8 Å². The Bertz CT molecular complexity index is 906. The van der Waals surface area contributed by atoms with Crippen LogP contribution in [-0.2, 0) is 18.4 Å². The molecule has 9 heteroatoms. The van der Waals surface area contributed by atoms with Crippen molar-refractivity contribution in [3.05, 3.63) is 12.2 Å². The molecule has 0 spiro atoms. The van der Waals surface area contributed by atoms with Crippen LogP contribution in [0.3, 0.4) is 0 Å². The number of hydrogen-bond acceptors (Lipinski definition) is 6. The van der Waals surface area contributed by atoms with Crippen LogP contribution in [0.4, 0.5) is 0 Å². The number of carbonyl (C=O) groups excluding carboxylic acids is 1. The van der Waals surface area contributed by atoms with Crippen molar-refractivity contribution in [1.29, 1.82) is 0 Å². The van der Waals surface area contributed by atoms with Gasteiger partial charge in [0.1, 0.15) is 0 Å². The monoisotopic (exact) mass is 829 g/mol. The Morgan fingerprint density at radius 1 is 0.561 bits per heavy atom. The maximum atomic E-state index is 12.8. The molecule has 0 aromatic heterocycles. The van der Waals surface area contributed by atoms with Crippen molar-refractivity contribution in [2.24, 2.45) is 5.73 Å². The summed E-state index contributed by atoms with van der Waals surface area (Å²) in [5, 5.41) is 13.9. The van der Waals surface area contributed by atoms with Crippen LogP contribution in [0.15, 0.2) is 12.2 Å². The van der Waals surface area contributed by atoms with Crippen LogP contribution in [0.5, 0.6) is 0 Å². The zero-order chi connectivity index (χ0) is 41.8. The second kappa shape index (κ2) is 44.8. The molecule has 0 saturated carbocycles. The highest BCUT2D eigenvalue weighted by molar-refractivity contribution is 7.47. The first-order chi connectivity index (χ1) is 27.9. The standard InChI is InChI=1S/C48H97N2O6P/c1-3-5-7-9-11-13-15-17-19-21-22-23-24-26-27-29-31-33-35-37-39-41-47(51)46(45-56-57(53,54)55-44-43-49)50-48(52)42-40-38-36-34-32-30-28-25-20-18-16-14-12-10-8-6-4-2/h18,20,46-47,51H,3-17,19,21-45,49H2,1-2H3,(H,50,52)(H,53,54)/b20-18-. The SMILES string of the molecule is CCCCCCCC/C=C\CCCCCCCCCC(=O)NC(COP(=O)(O)OCCN)C(O)CCCCCCCCCCCCCCCCCCCCCCC. The number of phosphoric acid groups is 1. The minimum Gasteiger partial charge on any atom is -0.391 e. The molecule has 0 radical (unpaired) electrons. The summed E-state index contributed by atoms with van der Waals surface area (Å²) in [6, 6.07) is -0.774. The highest BCUT2D eigenvalue weighted by Gasteiger charge is 2.27. The molecule has 0 aliphatic carbocycles. The molecule has 0 aromatic rings. The summed E-state index contributed by atoms with van der Waals surface area (Å²) >= 11 is 0. The number of unbranched alkanes of at least 4 members (excludes halogenated alkanes) is 33. The molecule has 57 heavy (non-hydrogen) atoms. The lowest BCUT2D eigenvalue weighted by Crippen LogP contribution is -2.46. The van der Waals surface area contributed by atoms with Crippen LogP contribution in [0.25, 0.3) is 0 Å². The third kappa shape index (κ3) is 43.1. The molecule has 0 aromatic carbocycles. The second-order valence-electron chi connectivity index (χ2n) is 17.0. The Hall–Kier alpha value is -0.760. The predicted molar refractivity (Wildman–Crippen MR) is 245 cm³/mol. The third-order valence-corrected chi connectivity index (χ3v) is 12.4. The van der Waals surface area contributed by atoms with Gasteiger partial charge in [0.15, 0.2) is 0 Å². The molecule has 8 nitrogen and oxygen atoms in total. The number of nitrogens with two attached hydrogens (primary N) is 1. The van der Waals surface area contributed by atoms with Crippen LogP contribution in [0, 0.1) is 0 Å². The van der Waals surface area contributed by atoms with Gasteiger partial charge in [-0.1, -0.05) is 225 Å². The zero-order valence-electron chi connectivity index (χ0n) is 37.9. The molecule has 0 fully saturated rings. The van der Waals surface area contributed by atoms with E-state index in [9.17, 15) is 19.4 Å². The van der Waals surface area contributed by atoms with Gasteiger partial charge in [-0.15, -0.1) is 0 Å². The zero-order valence-corrected chi connectivity index (χ0v) is 38.7. The Labute approximate surface area is 354 Å². The second-order valence-corrected chi connectivity index (χ2v) is 18.5. The fraction of sp³-hybridized carbons (Fsp3) is 0.938. The van der Waals surface area contributed by atoms with Gasteiger partial charge in [-0.2, -0.15) is 0 Å². The minimum atomic E-state index is -4.32. The van der Waals surface area contributed by atoms with Gasteiger partial charge < -0.3 is 21.1 Å². The van der Waals surface area contributed by atoms with E-state index >= 15 is 0 Å². The molecule has 0 bridgehead atoms. The van der Waals surface area contributed by atoms with E-state index in [1.54, 1.807) is 0 Å². The molecule has 5 N–H and O–H groups in total. The summed E-state index contributed by atoms with van der Waals surface area (Å²) in [6.07, 6.45) is 50.8. The highest BCUT2D eigenvalue weighted by atomic mass is 31.2. The fourth-order valence-electron chi connectivity index (χ4n) is 7.60. The van der Waals surface area contributed by atoms with Crippen LogP contribution >= 0.6 is 7.82 Å².